The number of amides is 1. The van der Waals surface area contributed by atoms with Gasteiger partial charge < -0.3 is 14.8 Å². The summed E-state index contributed by atoms with van der Waals surface area (Å²) in [5.41, 5.74) is 7.16. The topological polar surface area (TPSA) is 50.8 Å². The molecule has 0 unspecified atom stereocenters. The van der Waals surface area contributed by atoms with Gasteiger partial charge in [-0.2, -0.15) is 0 Å². The van der Waals surface area contributed by atoms with Crippen LogP contribution in [0.2, 0.25) is 0 Å². The maximum absolute atomic E-state index is 12.4. The maximum Gasteiger partial charge on any atom is 0.224 e. The lowest BCUT2D eigenvalue weighted by Crippen LogP contribution is -2.28. The van der Waals surface area contributed by atoms with Gasteiger partial charge in [0.15, 0.2) is 11.5 Å². The average Bonchev–Trinajstić information content (AvgIpc) is 2.89. The lowest BCUT2D eigenvalue weighted by Gasteiger charge is -2.27. The average molecular weight is 471 g/mol. The third-order valence-electron chi connectivity index (χ3n) is 6.42. The van der Waals surface area contributed by atoms with Crippen molar-refractivity contribution in [2.75, 3.05) is 27.3 Å². The van der Waals surface area contributed by atoms with E-state index in [2.05, 4.69) is 59.6 Å². The first-order valence-corrected chi connectivity index (χ1v) is 12.1. The van der Waals surface area contributed by atoms with Crippen LogP contribution in [0.25, 0.3) is 5.57 Å². The number of aryl methyl sites for hydroxylation is 1. The van der Waals surface area contributed by atoms with Gasteiger partial charge in [0.05, 0.1) is 20.6 Å². The predicted octanol–water partition coefficient (Wildman–Crippen LogP) is 5.16. The SMILES string of the molecule is COc1ccc(CN2CC=C(c3cccc(CNC(=O)Cc4ccc(C)cc4)c3)CC2)cc1OC. The molecule has 0 saturated heterocycles. The lowest BCUT2D eigenvalue weighted by molar-refractivity contribution is -0.120. The molecule has 3 aromatic carbocycles. The van der Waals surface area contributed by atoms with Gasteiger partial charge in [-0.05, 0) is 59.4 Å². The smallest absolute Gasteiger partial charge is 0.224 e. The third-order valence-corrected chi connectivity index (χ3v) is 6.42. The summed E-state index contributed by atoms with van der Waals surface area (Å²) in [6.07, 6.45) is 3.72. The van der Waals surface area contributed by atoms with Crippen LogP contribution in [-0.4, -0.2) is 38.1 Å². The van der Waals surface area contributed by atoms with Crippen LogP contribution in [0.5, 0.6) is 11.5 Å². The normalized spacial score (nSPS) is 13.7. The first kappa shape index (κ1) is 24.6. The molecule has 0 aliphatic carbocycles. The van der Waals surface area contributed by atoms with Crippen LogP contribution in [0.3, 0.4) is 0 Å². The Morgan fingerprint density at radius 3 is 2.40 bits per heavy atom. The zero-order valence-electron chi connectivity index (χ0n) is 20.8. The molecule has 5 nitrogen and oxygen atoms in total. The van der Waals surface area contributed by atoms with Crippen molar-refractivity contribution in [3.8, 4) is 11.5 Å². The summed E-state index contributed by atoms with van der Waals surface area (Å²) in [4.78, 5) is 14.8. The first-order valence-electron chi connectivity index (χ1n) is 12.1. The summed E-state index contributed by atoms with van der Waals surface area (Å²) in [7, 11) is 3.32. The van der Waals surface area contributed by atoms with E-state index in [9.17, 15) is 4.79 Å². The quantitative estimate of drug-likeness (QED) is 0.469. The van der Waals surface area contributed by atoms with Crippen LogP contribution < -0.4 is 14.8 Å². The van der Waals surface area contributed by atoms with Crippen LogP contribution >= 0.6 is 0 Å². The van der Waals surface area contributed by atoms with Gasteiger partial charge >= 0.3 is 0 Å². The molecule has 1 N–H and O–H groups in total. The molecule has 1 heterocycles. The van der Waals surface area contributed by atoms with Gasteiger partial charge in [-0.3, -0.25) is 9.69 Å². The number of methoxy groups -OCH3 is 2. The van der Waals surface area contributed by atoms with E-state index in [4.69, 9.17) is 9.47 Å². The fourth-order valence-electron chi connectivity index (χ4n) is 4.39. The minimum Gasteiger partial charge on any atom is -0.493 e. The van der Waals surface area contributed by atoms with Crippen molar-refractivity contribution in [2.24, 2.45) is 0 Å². The Morgan fingerprint density at radius 1 is 0.914 bits per heavy atom. The number of nitrogens with zero attached hydrogens (tertiary/aromatic N) is 1. The van der Waals surface area contributed by atoms with Crippen LogP contribution in [0.15, 0.2) is 72.8 Å². The minimum atomic E-state index is 0.0435. The van der Waals surface area contributed by atoms with Crippen molar-refractivity contribution < 1.29 is 14.3 Å². The van der Waals surface area contributed by atoms with Crippen molar-refractivity contribution in [3.63, 3.8) is 0 Å². The number of carbonyl (C=O) groups excluding carboxylic acids is 1. The maximum atomic E-state index is 12.4. The summed E-state index contributed by atoms with van der Waals surface area (Å²) in [5, 5.41) is 3.06. The van der Waals surface area contributed by atoms with Gasteiger partial charge in [0.1, 0.15) is 0 Å². The van der Waals surface area contributed by atoms with Crippen molar-refractivity contribution in [3.05, 3.63) is 101 Å². The van der Waals surface area contributed by atoms with E-state index in [0.29, 0.717) is 13.0 Å². The molecule has 0 atom stereocenters. The Labute approximate surface area is 208 Å². The Bertz CT molecular complexity index is 1180. The highest BCUT2D eigenvalue weighted by Crippen LogP contribution is 2.29. The highest BCUT2D eigenvalue weighted by molar-refractivity contribution is 5.78. The summed E-state index contributed by atoms with van der Waals surface area (Å²) >= 11 is 0. The number of hydrogen-bond acceptors (Lipinski definition) is 4. The number of benzene rings is 3. The molecule has 0 fully saturated rings. The third kappa shape index (κ3) is 6.74. The number of ether oxygens (including phenoxy) is 2. The highest BCUT2D eigenvalue weighted by atomic mass is 16.5. The Balaban J connectivity index is 1.31. The molecule has 4 rings (SSSR count). The van der Waals surface area contributed by atoms with E-state index in [1.165, 1.54) is 22.3 Å². The molecule has 5 heteroatoms. The van der Waals surface area contributed by atoms with Crippen LogP contribution in [0.4, 0.5) is 0 Å². The van der Waals surface area contributed by atoms with Gasteiger partial charge in [-0.25, -0.2) is 0 Å². The molecule has 182 valence electrons. The second-order valence-corrected chi connectivity index (χ2v) is 9.04. The number of nitrogens with one attached hydrogen (secondary N) is 1. The molecule has 0 spiro atoms. The van der Waals surface area contributed by atoms with E-state index in [1.54, 1.807) is 14.2 Å². The highest BCUT2D eigenvalue weighted by Gasteiger charge is 2.15. The first-order chi connectivity index (χ1) is 17.0. The molecular weight excluding hydrogens is 436 g/mol. The summed E-state index contributed by atoms with van der Waals surface area (Å²) in [6.45, 7) is 5.36. The van der Waals surface area contributed by atoms with E-state index in [1.807, 2.05) is 30.3 Å². The summed E-state index contributed by atoms with van der Waals surface area (Å²) < 4.78 is 10.8. The zero-order chi connectivity index (χ0) is 24.6. The molecule has 1 aliphatic heterocycles. The van der Waals surface area contributed by atoms with Gasteiger partial charge in [0, 0.05) is 26.2 Å². The van der Waals surface area contributed by atoms with Gasteiger partial charge in [0.2, 0.25) is 5.91 Å². The number of carbonyl (C=O) groups is 1. The van der Waals surface area contributed by atoms with Crippen molar-refractivity contribution in [1.82, 2.24) is 10.2 Å². The second kappa shape index (κ2) is 11.7. The summed E-state index contributed by atoms with van der Waals surface area (Å²) in [6, 6.07) is 22.7. The largest absolute Gasteiger partial charge is 0.493 e. The molecule has 1 aliphatic rings. The second-order valence-electron chi connectivity index (χ2n) is 9.04. The predicted molar refractivity (Wildman–Crippen MR) is 141 cm³/mol. The Morgan fingerprint density at radius 2 is 1.69 bits per heavy atom. The Hall–Kier alpha value is -3.57. The van der Waals surface area contributed by atoms with E-state index < -0.39 is 0 Å². The van der Waals surface area contributed by atoms with E-state index in [-0.39, 0.29) is 5.91 Å². The molecule has 1 amide bonds. The van der Waals surface area contributed by atoms with Crippen LogP contribution in [0, 0.1) is 6.92 Å². The molecule has 35 heavy (non-hydrogen) atoms. The fraction of sp³-hybridized carbons (Fsp3) is 0.300. The molecule has 0 radical (unpaired) electrons. The van der Waals surface area contributed by atoms with Gasteiger partial charge in [0.25, 0.3) is 0 Å². The van der Waals surface area contributed by atoms with Crippen molar-refractivity contribution in [2.45, 2.75) is 32.9 Å². The Kier molecular flexibility index (Phi) is 8.22. The standard InChI is InChI=1S/C30H34N2O3/c1-22-7-9-23(10-8-22)19-30(33)31-20-24-5-4-6-27(17-24)26-13-15-32(16-14-26)21-25-11-12-28(34-2)29(18-25)35-3/h4-13,17-18H,14-16,19-21H2,1-3H3,(H,31,33). The lowest BCUT2D eigenvalue weighted by atomic mass is 9.97. The van der Waals surface area contributed by atoms with E-state index >= 15 is 0 Å². The molecule has 0 saturated carbocycles. The zero-order valence-corrected chi connectivity index (χ0v) is 20.8. The number of hydrogen-bond donors (Lipinski definition) is 1. The van der Waals surface area contributed by atoms with Gasteiger partial charge in [-0.1, -0.05) is 60.2 Å². The molecule has 3 aromatic rings. The van der Waals surface area contributed by atoms with Crippen molar-refractivity contribution >= 4 is 11.5 Å². The molecular formula is C30H34N2O3. The van der Waals surface area contributed by atoms with Crippen LogP contribution in [0.1, 0.15) is 34.2 Å². The van der Waals surface area contributed by atoms with E-state index in [0.717, 1.165) is 48.7 Å². The molecule has 0 bridgehead atoms. The fourth-order valence-corrected chi connectivity index (χ4v) is 4.39. The van der Waals surface area contributed by atoms with Crippen LogP contribution in [-0.2, 0) is 24.3 Å². The molecule has 0 aromatic heterocycles. The summed E-state index contributed by atoms with van der Waals surface area (Å²) in [5.74, 6) is 1.56. The van der Waals surface area contributed by atoms with Gasteiger partial charge in [-0.15, -0.1) is 0 Å². The number of rotatable bonds is 9. The minimum absolute atomic E-state index is 0.0435. The monoisotopic (exact) mass is 470 g/mol. The van der Waals surface area contributed by atoms with Crippen molar-refractivity contribution in [1.29, 1.82) is 0 Å².